The lowest BCUT2D eigenvalue weighted by Crippen LogP contribution is -2.19. The highest BCUT2D eigenvalue weighted by atomic mass is 16.2. The summed E-state index contributed by atoms with van der Waals surface area (Å²) in [5, 5.41) is 7.29. The molecule has 0 aliphatic rings. The summed E-state index contributed by atoms with van der Waals surface area (Å²) in [6.45, 7) is 2.06. The lowest BCUT2D eigenvalue weighted by Gasteiger charge is -2.05. The normalized spacial score (nSPS) is 10.6. The van der Waals surface area contributed by atoms with Crippen LogP contribution in [-0.2, 0) is 11.3 Å². The van der Waals surface area contributed by atoms with Crippen LogP contribution in [0.1, 0.15) is 5.56 Å². The molecular formula is C21H18N6O. The summed E-state index contributed by atoms with van der Waals surface area (Å²) in [6, 6.07) is 13.5. The van der Waals surface area contributed by atoms with Crippen LogP contribution in [0, 0.1) is 6.92 Å². The quantitative estimate of drug-likeness (QED) is 0.582. The van der Waals surface area contributed by atoms with Crippen LogP contribution in [0.2, 0.25) is 0 Å². The highest BCUT2D eigenvalue weighted by molar-refractivity contribution is 5.89. The first-order valence-electron chi connectivity index (χ1n) is 8.79. The molecule has 4 rings (SSSR count). The minimum Gasteiger partial charge on any atom is -0.309 e. The molecule has 0 aliphatic heterocycles. The second-order valence-electron chi connectivity index (χ2n) is 6.38. The molecule has 1 amide bonds. The molecule has 0 atom stereocenters. The molecule has 0 unspecified atom stereocenters. The topological polar surface area (TPSA) is 85.6 Å². The molecule has 4 aromatic rings. The van der Waals surface area contributed by atoms with Crippen molar-refractivity contribution in [2.45, 2.75) is 13.5 Å². The maximum Gasteiger partial charge on any atom is 0.247 e. The van der Waals surface area contributed by atoms with Crippen LogP contribution in [0.25, 0.3) is 22.4 Å². The van der Waals surface area contributed by atoms with Gasteiger partial charge in [0.25, 0.3) is 0 Å². The molecular weight excluding hydrogens is 352 g/mol. The summed E-state index contributed by atoms with van der Waals surface area (Å²) >= 11 is 0. The highest BCUT2D eigenvalue weighted by Gasteiger charge is 2.08. The number of amides is 1. The van der Waals surface area contributed by atoms with Gasteiger partial charge in [0, 0.05) is 35.9 Å². The largest absolute Gasteiger partial charge is 0.309 e. The van der Waals surface area contributed by atoms with Gasteiger partial charge in [-0.15, -0.1) is 0 Å². The number of hydrogen-bond acceptors (Lipinski definition) is 5. The van der Waals surface area contributed by atoms with Crippen LogP contribution in [0.15, 0.2) is 73.6 Å². The van der Waals surface area contributed by atoms with Gasteiger partial charge in [0.05, 0.1) is 5.69 Å². The number of rotatable bonds is 5. The van der Waals surface area contributed by atoms with Crippen molar-refractivity contribution in [3.63, 3.8) is 0 Å². The van der Waals surface area contributed by atoms with Gasteiger partial charge in [0.2, 0.25) is 5.91 Å². The monoisotopic (exact) mass is 370 g/mol. The molecule has 7 heteroatoms. The maximum absolute atomic E-state index is 12.2. The zero-order chi connectivity index (χ0) is 19.3. The molecule has 0 radical (unpaired) electrons. The van der Waals surface area contributed by atoms with Crippen LogP contribution in [0.3, 0.4) is 0 Å². The van der Waals surface area contributed by atoms with Gasteiger partial charge in [-0.05, 0) is 36.2 Å². The van der Waals surface area contributed by atoms with E-state index in [1.54, 1.807) is 35.5 Å². The number of aromatic nitrogens is 5. The molecule has 1 aromatic carbocycles. The standard InChI is InChI=1S/C21H18N6O/c1-15-5-6-20(24-10-15)25-21(28)13-27-8-7-19(26-27)17-4-2-3-16(9-17)18-11-22-14-23-12-18/h2-12,14H,13H2,1H3,(H,24,25,28). The van der Waals surface area contributed by atoms with E-state index < -0.39 is 0 Å². The van der Waals surface area contributed by atoms with Crippen molar-refractivity contribution in [2.75, 3.05) is 5.32 Å². The Bertz CT molecular complexity index is 1090. The van der Waals surface area contributed by atoms with E-state index in [1.807, 2.05) is 43.3 Å². The Labute approximate surface area is 162 Å². The molecule has 0 spiro atoms. The van der Waals surface area contributed by atoms with E-state index >= 15 is 0 Å². The van der Waals surface area contributed by atoms with Gasteiger partial charge in [-0.1, -0.05) is 24.3 Å². The highest BCUT2D eigenvalue weighted by Crippen LogP contribution is 2.24. The Morgan fingerprint density at radius 2 is 1.82 bits per heavy atom. The predicted molar refractivity (Wildman–Crippen MR) is 106 cm³/mol. The molecule has 28 heavy (non-hydrogen) atoms. The summed E-state index contributed by atoms with van der Waals surface area (Å²) in [4.78, 5) is 24.5. The summed E-state index contributed by atoms with van der Waals surface area (Å²) in [5.74, 6) is 0.349. The van der Waals surface area contributed by atoms with Gasteiger partial charge in [-0.25, -0.2) is 15.0 Å². The van der Waals surface area contributed by atoms with Crippen molar-refractivity contribution >= 4 is 11.7 Å². The van der Waals surface area contributed by atoms with Crippen molar-refractivity contribution in [1.29, 1.82) is 0 Å². The van der Waals surface area contributed by atoms with E-state index in [9.17, 15) is 4.79 Å². The van der Waals surface area contributed by atoms with E-state index in [4.69, 9.17) is 0 Å². The molecule has 0 saturated carbocycles. The fraction of sp³-hybridized carbons (Fsp3) is 0.0952. The molecule has 0 fully saturated rings. The maximum atomic E-state index is 12.2. The van der Waals surface area contributed by atoms with Crippen LogP contribution >= 0.6 is 0 Å². The van der Waals surface area contributed by atoms with Gasteiger partial charge < -0.3 is 5.32 Å². The number of hydrogen-bond donors (Lipinski definition) is 1. The summed E-state index contributed by atoms with van der Waals surface area (Å²) in [6.07, 6.45) is 8.55. The fourth-order valence-corrected chi connectivity index (χ4v) is 2.78. The Morgan fingerprint density at radius 1 is 1.00 bits per heavy atom. The van der Waals surface area contributed by atoms with Crippen LogP contribution < -0.4 is 5.32 Å². The van der Waals surface area contributed by atoms with Gasteiger partial charge in [-0.3, -0.25) is 9.48 Å². The smallest absolute Gasteiger partial charge is 0.247 e. The third-order valence-electron chi connectivity index (χ3n) is 4.18. The zero-order valence-electron chi connectivity index (χ0n) is 15.3. The average Bonchev–Trinajstić information content (AvgIpc) is 3.19. The van der Waals surface area contributed by atoms with Gasteiger partial charge in [0.15, 0.2) is 0 Å². The lowest BCUT2D eigenvalue weighted by molar-refractivity contribution is -0.116. The molecule has 0 bridgehead atoms. The van der Waals surface area contributed by atoms with Crippen LogP contribution in [0.5, 0.6) is 0 Å². The minimum atomic E-state index is -0.179. The first-order valence-corrected chi connectivity index (χ1v) is 8.79. The number of carbonyl (C=O) groups is 1. The lowest BCUT2D eigenvalue weighted by atomic mass is 10.0. The number of carbonyl (C=O) groups excluding carboxylic acids is 1. The number of nitrogens with zero attached hydrogens (tertiary/aromatic N) is 5. The predicted octanol–water partition coefficient (Wildman–Crippen LogP) is 3.35. The van der Waals surface area contributed by atoms with E-state index in [0.717, 1.165) is 27.9 Å². The first kappa shape index (κ1) is 17.5. The SMILES string of the molecule is Cc1ccc(NC(=O)Cn2ccc(-c3cccc(-c4cncnc4)c3)n2)nc1. The van der Waals surface area contributed by atoms with Gasteiger partial charge >= 0.3 is 0 Å². The Balaban J connectivity index is 1.47. The third-order valence-corrected chi connectivity index (χ3v) is 4.18. The van der Waals surface area contributed by atoms with Crippen molar-refractivity contribution in [3.05, 3.63) is 79.1 Å². The van der Waals surface area contributed by atoms with Crippen molar-refractivity contribution in [2.24, 2.45) is 0 Å². The summed E-state index contributed by atoms with van der Waals surface area (Å²) in [5.41, 5.74) is 4.74. The second-order valence-corrected chi connectivity index (χ2v) is 6.38. The van der Waals surface area contributed by atoms with E-state index in [1.165, 1.54) is 6.33 Å². The molecule has 1 N–H and O–H groups in total. The summed E-state index contributed by atoms with van der Waals surface area (Å²) < 4.78 is 1.61. The number of benzene rings is 1. The number of pyridine rings is 1. The molecule has 138 valence electrons. The third kappa shape index (κ3) is 4.09. The van der Waals surface area contributed by atoms with E-state index in [0.29, 0.717) is 5.82 Å². The van der Waals surface area contributed by atoms with Crippen LogP contribution in [0.4, 0.5) is 5.82 Å². The number of nitrogens with one attached hydrogen (secondary N) is 1. The van der Waals surface area contributed by atoms with E-state index in [-0.39, 0.29) is 12.5 Å². The molecule has 3 heterocycles. The molecule has 7 nitrogen and oxygen atoms in total. The van der Waals surface area contributed by atoms with Crippen LogP contribution in [-0.4, -0.2) is 30.6 Å². The Morgan fingerprint density at radius 3 is 2.61 bits per heavy atom. The molecule has 0 saturated heterocycles. The summed E-state index contributed by atoms with van der Waals surface area (Å²) in [7, 11) is 0. The fourth-order valence-electron chi connectivity index (χ4n) is 2.78. The number of anilines is 1. The van der Waals surface area contributed by atoms with Gasteiger partial charge in [-0.2, -0.15) is 5.10 Å². The molecule has 0 aliphatic carbocycles. The average molecular weight is 370 g/mol. The second kappa shape index (κ2) is 7.79. The molecule has 3 aromatic heterocycles. The minimum absolute atomic E-state index is 0.113. The van der Waals surface area contributed by atoms with Crippen molar-refractivity contribution < 1.29 is 4.79 Å². The Kier molecular flexibility index (Phi) is 4.88. The number of aryl methyl sites for hydroxylation is 1. The Hall–Kier alpha value is -3.87. The van der Waals surface area contributed by atoms with Crippen molar-refractivity contribution in [3.8, 4) is 22.4 Å². The van der Waals surface area contributed by atoms with E-state index in [2.05, 4.69) is 25.4 Å². The van der Waals surface area contributed by atoms with Gasteiger partial charge in [0.1, 0.15) is 18.7 Å². The van der Waals surface area contributed by atoms with Crippen molar-refractivity contribution in [1.82, 2.24) is 24.7 Å². The zero-order valence-corrected chi connectivity index (χ0v) is 15.3. The first-order chi connectivity index (χ1) is 13.7.